The summed E-state index contributed by atoms with van der Waals surface area (Å²) in [7, 11) is -2.61. The summed E-state index contributed by atoms with van der Waals surface area (Å²) in [5, 5.41) is 18.8. The van der Waals surface area contributed by atoms with Crippen LogP contribution in [0.2, 0.25) is 0 Å². The molecule has 0 unspecified atom stereocenters. The van der Waals surface area contributed by atoms with E-state index >= 15 is 0 Å². The number of carbonyl (C=O) groups is 1. The van der Waals surface area contributed by atoms with Crippen molar-refractivity contribution in [3.05, 3.63) is 17.7 Å². The number of phenols is 1. The highest BCUT2D eigenvalue weighted by Crippen LogP contribution is 2.36. The van der Waals surface area contributed by atoms with E-state index in [1.165, 1.54) is 7.11 Å². The number of nitrogens with one attached hydrogen (secondary N) is 1. The molecular formula is C12H16FNO6S. The first-order valence-electron chi connectivity index (χ1n) is 6.01. The van der Waals surface area contributed by atoms with Crippen LogP contribution in [0.4, 0.5) is 10.1 Å². The molecule has 3 N–H and O–H groups in total. The molecule has 0 aromatic heterocycles. The van der Waals surface area contributed by atoms with Crippen LogP contribution in [-0.4, -0.2) is 44.1 Å². The molecule has 1 aromatic carbocycles. The van der Waals surface area contributed by atoms with E-state index in [9.17, 15) is 22.7 Å². The number of hydrogen-bond donors (Lipinski definition) is 3. The van der Waals surface area contributed by atoms with Gasteiger partial charge in [-0.1, -0.05) is 0 Å². The van der Waals surface area contributed by atoms with Gasteiger partial charge in [0.25, 0.3) is 0 Å². The number of benzene rings is 1. The van der Waals surface area contributed by atoms with Crippen molar-refractivity contribution in [3.8, 4) is 11.5 Å². The molecule has 9 heteroatoms. The Hall–Kier alpha value is -2.03. The maximum atomic E-state index is 12.0. The van der Waals surface area contributed by atoms with Gasteiger partial charge < -0.3 is 14.9 Å². The van der Waals surface area contributed by atoms with Crippen LogP contribution in [0, 0.1) is 0 Å². The second kappa shape index (κ2) is 7.11. The van der Waals surface area contributed by atoms with Crippen molar-refractivity contribution in [2.45, 2.75) is 12.8 Å². The molecule has 0 radical (unpaired) electrons. The standard InChI is InChI=1S/C12H16FNO6S/c1-20-10-7-8(12(16)17)6-9(11(10)15)14-21(18,19)5-3-2-4-13/h6-7,14-15H,2-5H2,1H3,(H,16,17). The summed E-state index contributed by atoms with van der Waals surface area (Å²) in [5.41, 5.74) is -0.543. The van der Waals surface area contributed by atoms with Gasteiger partial charge in [0.05, 0.1) is 30.8 Å². The highest BCUT2D eigenvalue weighted by Gasteiger charge is 2.18. The van der Waals surface area contributed by atoms with E-state index in [1.807, 2.05) is 0 Å². The number of unbranched alkanes of at least 4 members (excludes halogenated alkanes) is 1. The van der Waals surface area contributed by atoms with Crippen molar-refractivity contribution in [1.29, 1.82) is 0 Å². The maximum absolute atomic E-state index is 12.0. The third-order valence-corrected chi connectivity index (χ3v) is 3.96. The van der Waals surface area contributed by atoms with Crippen molar-refractivity contribution in [2.75, 3.05) is 24.3 Å². The van der Waals surface area contributed by atoms with Crippen LogP contribution < -0.4 is 9.46 Å². The summed E-state index contributed by atoms with van der Waals surface area (Å²) in [6, 6.07) is 2.05. The van der Waals surface area contributed by atoms with Gasteiger partial charge in [0.15, 0.2) is 11.5 Å². The SMILES string of the molecule is COc1cc(C(=O)O)cc(NS(=O)(=O)CCCCF)c1O. The minimum atomic E-state index is -3.82. The summed E-state index contributed by atoms with van der Waals surface area (Å²) in [6.07, 6.45) is 0.216. The summed E-state index contributed by atoms with van der Waals surface area (Å²) in [5.74, 6) is -2.32. The molecule has 0 saturated heterocycles. The van der Waals surface area contributed by atoms with Crippen LogP contribution in [0.15, 0.2) is 12.1 Å². The van der Waals surface area contributed by atoms with E-state index in [0.29, 0.717) is 0 Å². The molecule has 0 saturated carbocycles. The van der Waals surface area contributed by atoms with Crippen LogP contribution in [0.5, 0.6) is 11.5 Å². The number of anilines is 1. The van der Waals surface area contributed by atoms with Gasteiger partial charge in [-0.25, -0.2) is 13.2 Å². The molecule has 0 aliphatic carbocycles. The van der Waals surface area contributed by atoms with Crippen LogP contribution in [-0.2, 0) is 10.0 Å². The first-order chi connectivity index (χ1) is 9.80. The summed E-state index contributed by atoms with van der Waals surface area (Å²) >= 11 is 0. The number of carboxylic acids is 1. The molecular weight excluding hydrogens is 305 g/mol. The van der Waals surface area contributed by atoms with Gasteiger partial charge in [0.1, 0.15) is 0 Å². The molecule has 0 heterocycles. The molecule has 0 bridgehead atoms. The van der Waals surface area contributed by atoms with E-state index in [2.05, 4.69) is 4.72 Å². The number of halogens is 1. The third kappa shape index (κ3) is 4.78. The van der Waals surface area contributed by atoms with Crippen LogP contribution >= 0.6 is 0 Å². The zero-order chi connectivity index (χ0) is 16.0. The minimum Gasteiger partial charge on any atom is -0.503 e. The summed E-state index contributed by atoms with van der Waals surface area (Å²) in [4.78, 5) is 11.0. The number of aromatic carboxylic acids is 1. The molecule has 0 amide bonds. The number of methoxy groups -OCH3 is 1. The van der Waals surface area contributed by atoms with Gasteiger partial charge in [-0.3, -0.25) is 9.11 Å². The van der Waals surface area contributed by atoms with Gasteiger partial charge in [0, 0.05) is 0 Å². The molecule has 1 rings (SSSR count). The predicted octanol–water partition coefficient (Wildman–Crippen LogP) is 1.59. The molecule has 118 valence electrons. The molecule has 0 spiro atoms. The van der Waals surface area contributed by atoms with E-state index in [1.54, 1.807) is 0 Å². The van der Waals surface area contributed by atoms with Gasteiger partial charge in [-0.2, -0.15) is 0 Å². The largest absolute Gasteiger partial charge is 0.503 e. The van der Waals surface area contributed by atoms with Gasteiger partial charge >= 0.3 is 5.97 Å². The number of aromatic hydroxyl groups is 1. The van der Waals surface area contributed by atoms with Crippen molar-refractivity contribution >= 4 is 21.7 Å². The Bertz CT molecular complexity index is 616. The fourth-order valence-electron chi connectivity index (χ4n) is 1.57. The Morgan fingerprint density at radius 3 is 2.57 bits per heavy atom. The average Bonchev–Trinajstić information content (AvgIpc) is 2.40. The third-order valence-electron chi connectivity index (χ3n) is 2.60. The molecule has 0 fully saturated rings. The molecule has 21 heavy (non-hydrogen) atoms. The van der Waals surface area contributed by atoms with Crippen LogP contribution in [0.1, 0.15) is 23.2 Å². The minimum absolute atomic E-state index is 0.103. The van der Waals surface area contributed by atoms with Crippen molar-refractivity contribution < 1.29 is 32.6 Å². The topological polar surface area (TPSA) is 113 Å². The molecule has 0 atom stereocenters. The highest BCUT2D eigenvalue weighted by atomic mass is 32.2. The highest BCUT2D eigenvalue weighted by molar-refractivity contribution is 7.92. The molecule has 7 nitrogen and oxygen atoms in total. The Balaban J connectivity index is 3.06. The smallest absolute Gasteiger partial charge is 0.335 e. The maximum Gasteiger partial charge on any atom is 0.335 e. The van der Waals surface area contributed by atoms with Gasteiger partial charge in [-0.15, -0.1) is 0 Å². The number of carboxylic acid groups (broad SMARTS) is 1. The number of sulfonamides is 1. The molecule has 0 aliphatic heterocycles. The van der Waals surface area contributed by atoms with Crippen LogP contribution in [0.3, 0.4) is 0 Å². The number of rotatable bonds is 8. The number of phenolic OH excluding ortho intramolecular Hbond substituents is 1. The Morgan fingerprint density at radius 1 is 1.38 bits per heavy atom. The Labute approximate surface area is 121 Å². The molecule has 0 aliphatic rings. The summed E-state index contributed by atoms with van der Waals surface area (Å²) in [6.45, 7) is -0.622. The van der Waals surface area contributed by atoms with Crippen LogP contribution in [0.25, 0.3) is 0 Å². The lowest BCUT2D eigenvalue weighted by atomic mass is 10.2. The second-order valence-electron chi connectivity index (χ2n) is 4.20. The zero-order valence-electron chi connectivity index (χ0n) is 11.3. The lowest BCUT2D eigenvalue weighted by Crippen LogP contribution is -2.17. The average molecular weight is 321 g/mol. The van der Waals surface area contributed by atoms with Crippen molar-refractivity contribution in [2.24, 2.45) is 0 Å². The van der Waals surface area contributed by atoms with E-state index in [0.717, 1.165) is 12.1 Å². The Kier molecular flexibility index (Phi) is 5.77. The van der Waals surface area contributed by atoms with Gasteiger partial charge in [-0.05, 0) is 25.0 Å². The summed E-state index contributed by atoms with van der Waals surface area (Å²) < 4.78 is 42.4. The van der Waals surface area contributed by atoms with Gasteiger partial charge in [0.2, 0.25) is 10.0 Å². The van der Waals surface area contributed by atoms with Crippen molar-refractivity contribution in [3.63, 3.8) is 0 Å². The predicted molar refractivity (Wildman–Crippen MR) is 74.2 cm³/mol. The number of alkyl halides is 1. The fourth-order valence-corrected chi connectivity index (χ4v) is 2.75. The first-order valence-corrected chi connectivity index (χ1v) is 7.66. The molecule has 1 aromatic rings. The second-order valence-corrected chi connectivity index (χ2v) is 6.04. The number of hydrogen-bond acceptors (Lipinski definition) is 5. The number of ether oxygens (including phenoxy) is 1. The van der Waals surface area contributed by atoms with E-state index in [-0.39, 0.29) is 35.6 Å². The zero-order valence-corrected chi connectivity index (χ0v) is 12.1. The fraction of sp³-hybridized carbons (Fsp3) is 0.417. The quantitative estimate of drug-likeness (QED) is 0.495. The lowest BCUT2D eigenvalue weighted by Gasteiger charge is -2.13. The normalized spacial score (nSPS) is 11.1. The van der Waals surface area contributed by atoms with Crippen molar-refractivity contribution in [1.82, 2.24) is 0 Å². The first kappa shape index (κ1) is 17.0. The van der Waals surface area contributed by atoms with E-state index < -0.39 is 28.4 Å². The lowest BCUT2D eigenvalue weighted by molar-refractivity contribution is 0.0696. The Morgan fingerprint density at radius 2 is 2.05 bits per heavy atom. The monoisotopic (exact) mass is 321 g/mol. The van der Waals surface area contributed by atoms with E-state index in [4.69, 9.17) is 9.84 Å².